The molecule has 1 atom stereocenters. The highest BCUT2D eigenvalue weighted by Gasteiger charge is 2.17. The summed E-state index contributed by atoms with van der Waals surface area (Å²) in [6.07, 6.45) is 3.91. The predicted molar refractivity (Wildman–Crippen MR) is 108 cm³/mol. The van der Waals surface area contributed by atoms with Gasteiger partial charge in [0.1, 0.15) is 0 Å². The van der Waals surface area contributed by atoms with Gasteiger partial charge in [-0.2, -0.15) is 0 Å². The van der Waals surface area contributed by atoms with Crippen molar-refractivity contribution in [1.82, 2.24) is 15.5 Å². The van der Waals surface area contributed by atoms with Crippen molar-refractivity contribution in [3.8, 4) is 0 Å². The van der Waals surface area contributed by atoms with Crippen molar-refractivity contribution in [3.63, 3.8) is 0 Å². The molecule has 0 amide bonds. The zero-order chi connectivity index (χ0) is 15.7. The summed E-state index contributed by atoms with van der Waals surface area (Å²) in [5.41, 5.74) is 0. The Morgan fingerprint density at radius 2 is 1.82 bits per heavy atom. The third kappa shape index (κ3) is 8.56. The zero-order valence-electron chi connectivity index (χ0n) is 15.2. The van der Waals surface area contributed by atoms with Gasteiger partial charge in [-0.3, -0.25) is 4.99 Å². The number of rotatable bonds is 7. The molecule has 1 aliphatic rings. The van der Waals surface area contributed by atoms with Crippen LogP contribution in [0.4, 0.5) is 0 Å². The molecule has 4 nitrogen and oxygen atoms in total. The minimum Gasteiger partial charge on any atom is -0.357 e. The predicted octanol–water partition coefficient (Wildman–Crippen LogP) is 3.33. The first-order valence-electron chi connectivity index (χ1n) is 8.84. The minimum atomic E-state index is 0. The van der Waals surface area contributed by atoms with Crippen LogP contribution in [-0.2, 0) is 0 Å². The largest absolute Gasteiger partial charge is 0.357 e. The maximum Gasteiger partial charge on any atom is 0.191 e. The number of nitrogens with one attached hydrogen (secondary N) is 2. The van der Waals surface area contributed by atoms with E-state index in [4.69, 9.17) is 4.99 Å². The maximum absolute atomic E-state index is 4.75. The molecule has 0 aromatic rings. The molecule has 0 saturated carbocycles. The molecule has 0 aliphatic carbocycles. The van der Waals surface area contributed by atoms with E-state index < -0.39 is 0 Å². The van der Waals surface area contributed by atoms with Gasteiger partial charge in [-0.15, -0.1) is 24.0 Å². The second-order valence-electron chi connectivity index (χ2n) is 6.60. The molecule has 1 rings (SSSR count). The van der Waals surface area contributed by atoms with Crippen molar-refractivity contribution < 1.29 is 0 Å². The van der Waals surface area contributed by atoms with Crippen LogP contribution in [0.15, 0.2) is 4.99 Å². The molecule has 1 fully saturated rings. The third-order valence-corrected chi connectivity index (χ3v) is 4.67. The lowest BCUT2D eigenvalue weighted by Crippen LogP contribution is -2.44. The summed E-state index contributed by atoms with van der Waals surface area (Å²) < 4.78 is 0. The standard InChI is InChI=1S/C17H36N4.HI/c1-6-18-17(20-15(5)14(3)4)19-11-8-16-9-12-21(7-2)13-10-16;/h14-16H,6-13H2,1-5H3,(H2,18,19,20);1H. The highest BCUT2D eigenvalue weighted by Crippen LogP contribution is 2.20. The van der Waals surface area contributed by atoms with Gasteiger partial charge in [0.15, 0.2) is 5.96 Å². The van der Waals surface area contributed by atoms with Gasteiger partial charge in [0.25, 0.3) is 0 Å². The summed E-state index contributed by atoms with van der Waals surface area (Å²) in [6, 6.07) is 0.454. The average molecular weight is 424 g/mol. The summed E-state index contributed by atoms with van der Waals surface area (Å²) in [4.78, 5) is 7.30. The monoisotopic (exact) mass is 424 g/mol. The van der Waals surface area contributed by atoms with Gasteiger partial charge in [-0.05, 0) is 64.6 Å². The van der Waals surface area contributed by atoms with Crippen LogP contribution in [0.2, 0.25) is 0 Å². The molecule has 1 heterocycles. The van der Waals surface area contributed by atoms with Crippen LogP contribution in [0.3, 0.4) is 0 Å². The number of aliphatic imine (C=N–C) groups is 1. The molecule has 0 aromatic heterocycles. The fourth-order valence-corrected chi connectivity index (χ4v) is 2.65. The Morgan fingerprint density at radius 1 is 1.18 bits per heavy atom. The summed E-state index contributed by atoms with van der Waals surface area (Å²) in [6.45, 7) is 16.7. The van der Waals surface area contributed by atoms with E-state index >= 15 is 0 Å². The molecular formula is C17H37IN4. The quantitative estimate of drug-likeness (QED) is 0.374. The Balaban J connectivity index is 0.00000441. The molecule has 1 saturated heterocycles. The first-order valence-corrected chi connectivity index (χ1v) is 8.84. The Kier molecular flexibility index (Phi) is 12.4. The first kappa shape index (κ1) is 22.0. The summed E-state index contributed by atoms with van der Waals surface area (Å²) in [5.74, 6) is 2.46. The SMILES string of the molecule is CCNC(=NCCC1CCN(CC)CC1)NC(C)C(C)C.I. The van der Waals surface area contributed by atoms with E-state index in [9.17, 15) is 0 Å². The van der Waals surface area contributed by atoms with Gasteiger partial charge in [0.05, 0.1) is 0 Å². The minimum absolute atomic E-state index is 0. The van der Waals surface area contributed by atoms with Crippen LogP contribution in [-0.4, -0.2) is 49.6 Å². The molecule has 5 heteroatoms. The normalized spacial score (nSPS) is 18.9. The number of piperidine rings is 1. The number of hydrogen-bond acceptors (Lipinski definition) is 2. The van der Waals surface area contributed by atoms with E-state index in [-0.39, 0.29) is 24.0 Å². The van der Waals surface area contributed by atoms with Crippen LogP contribution >= 0.6 is 24.0 Å². The molecule has 22 heavy (non-hydrogen) atoms. The fraction of sp³-hybridized carbons (Fsp3) is 0.941. The van der Waals surface area contributed by atoms with E-state index in [2.05, 4.69) is 50.2 Å². The van der Waals surface area contributed by atoms with Gasteiger partial charge in [0, 0.05) is 19.1 Å². The van der Waals surface area contributed by atoms with Crippen LogP contribution in [0.1, 0.15) is 53.9 Å². The molecule has 0 spiro atoms. The lowest BCUT2D eigenvalue weighted by molar-refractivity contribution is 0.188. The van der Waals surface area contributed by atoms with Crippen LogP contribution in [0.5, 0.6) is 0 Å². The highest BCUT2D eigenvalue weighted by molar-refractivity contribution is 14.0. The van der Waals surface area contributed by atoms with E-state index in [0.717, 1.165) is 25.0 Å². The molecule has 0 radical (unpaired) electrons. The van der Waals surface area contributed by atoms with Crippen LogP contribution < -0.4 is 10.6 Å². The van der Waals surface area contributed by atoms with Gasteiger partial charge in [-0.1, -0.05) is 20.8 Å². The van der Waals surface area contributed by atoms with Crippen molar-refractivity contribution in [3.05, 3.63) is 0 Å². The van der Waals surface area contributed by atoms with E-state index in [1.165, 1.54) is 38.9 Å². The maximum atomic E-state index is 4.75. The number of halogens is 1. The number of likely N-dealkylation sites (tertiary alicyclic amines) is 1. The molecule has 0 aromatic carbocycles. The van der Waals surface area contributed by atoms with Gasteiger partial charge < -0.3 is 15.5 Å². The molecule has 1 unspecified atom stereocenters. The number of guanidine groups is 1. The Labute approximate surface area is 154 Å². The second-order valence-corrected chi connectivity index (χ2v) is 6.60. The first-order chi connectivity index (χ1) is 10.1. The van der Waals surface area contributed by atoms with E-state index in [0.29, 0.717) is 12.0 Å². The van der Waals surface area contributed by atoms with Gasteiger partial charge in [0.2, 0.25) is 0 Å². The Morgan fingerprint density at radius 3 is 2.32 bits per heavy atom. The van der Waals surface area contributed by atoms with Crippen LogP contribution in [0.25, 0.3) is 0 Å². The molecule has 0 bridgehead atoms. The Bertz CT molecular complexity index is 299. The highest BCUT2D eigenvalue weighted by atomic mass is 127. The number of nitrogens with zero attached hydrogens (tertiary/aromatic N) is 2. The summed E-state index contributed by atoms with van der Waals surface area (Å²) in [5, 5.41) is 6.85. The van der Waals surface area contributed by atoms with Gasteiger partial charge in [-0.25, -0.2) is 0 Å². The van der Waals surface area contributed by atoms with Crippen molar-refractivity contribution in [2.45, 2.75) is 59.9 Å². The average Bonchev–Trinajstić information content (AvgIpc) is 2.48. The molecular weight excluding hydrogens is 387 g/mol. The summed E-state index contributed by atoms with van der Waals surface area (Å²) >= 11 is 0. The van der Waals surface area contributed by atoms with Gasteiger partial charge >= 0.3 is 0 Å². The molecule has 1 aliphatic heterocycles. The smallest absolute Gasteiger partial charge is 0.191 e. The topological polar surface area (TPSA) is 39.7 Å². The fourth-order valence-electron chi connectivity index (χ4n) is 2.65. The third-order valence-electron chi connectivity index (χ3n) is 4.67. The lowest BCUT2D eigenvalue weighted by Gasteiger charge is -2.30. The van der Waals surface area contributed by atoms with Crippen molar-refractivity contribution in [2.75, 3.05) is 32.7 Å². The van der Waals surface area contributed by atoms with Crippen molar-refractivity contribution in [2.24, 2.45) is 16.8 Å². The second kappa shape index (κ2) is 12.4. The Hall–Kier alpha value is -0.0400. The number of hydrogen-bond donors (Lipinski definition) is 2. The van der Waals surface area contributed by atoms with Crippen molar-refractivity contribution >= 4 is 29.9 Å². The van der Waals surface area contributed by atoms with E-state index in [1.54, 1.807) is 0 Å². The van der Waals surface area contributed by atoms with Crippen molar-refractivity contribution in [1.29, 1.82) is 0 Å². The molecule has 132 valence electrons. The van der Waals surface area contributed by atoms with E-state index in [1.807, 2.05) is 0 Å². The summed E-state index contributed by atoms with van der Waals surface area (Å²) in [7, 11) is 0. The van der Waals surface area contributed by atoms with Crippen LogP contribution in [0, 0.1) is 11.8 Å². The lowest BCUT2D eigenvalue weighted by atomic mass is 9.94. The zero-order valence-corrected chi connectivity index (χ0v) is 17.5. The molecule has 2 N–H and O–H groups in total.